The van der Waals surface area contributed by atoms with Gasteiger partial charge in [-0.25, -0.2) is 9.97 Å². The number of hydrogen-bond acceptors (Lipinski definition) is 6. The van der Waals surface area contributed by atoms with Gasteiger partial charge >= 0.3 is 0 Å². The number of nitrogens with one attached hydrogen (secondary N) is 1. The maximum absolute atomic E-state index is 12.3. The highest BCUT2D eigenvalue weighted by atomic mass is 32.1. The zero-order chi connectivity index (χ0) is 16.5. The lowest BCUT2D eigenvalue weighted by atomic mass is 10.2. The van der Waals surface area contributed by atoms with Crippen molar-refractivity contribution in [3.05, 3.63) is 53.2 Å². The van der Waals surface area contributed by atoms with E-state index in [9.17, 15) is 4.79 Å². The molecule has 0 unspecified atom stereocenters. The van der Waals surface area contributed by atoms with Crippen LogP contribution in [-0.4, -0.2) is 15.9 Å². The Balaban J connectivity index is 1.50. The van der Waals surface area contributed by atoms with E-state index in [1.54, 1.807) is 11.3 Å². The van der Waals surface area contributed by atoms with Gasteiger partial charge in [0.05, 0.1) is 27.2 Å². The number of rotatable bonds is 4. The van der Waals surface area contributed by atoms with Gasteiger partial charge in [-0.15, -0.1) is 11.3 Å². The number of amides is 1. The highest BCUT2D eigenvalue weighted by Gasteiger charge is 2.16. The summed E-state index contributed by atoms with van der Waals surface area (Å²) in [7, 11) is 0. The number of para-hydroxylation sites is 1. The first-order valence-corrected chi connectivity index (χ1v) is 9.04. The number of carbonyl (C=O) groups is 1. The summed E-state index contributed by atoms with van der Waals surface area (Å²) in [5, 5.41) is 5.41. The van der Waals surface area contributed by atoms with E-state index in [0.717, 1.165) is 15.1 Å². The number of benzene rings is 1. The lowest BCUT2D eigenvalue weighted by Crippen LogP contribution is -2.14. The minimum atomic E-state index is -0.150. The molecule has 3 heterocycles. The van der Waals surface area contributed by atoms with Crippen molar-refractivity contribution in [3.63, 3.8) is 0 Å². The van der Waals surface area contributed by atoms with Crippen LogP contribution < -0.4 is 5.32 Å². The summed E-state index contributed by atoms with van der Waals surface area (Å²) in [6, 6.07) is 11.7. The number of anilines is 1. The van der Waals surface area contributed by atoms with Crippen LogP contribution in [0.2, 0.25) is 0 Å². The monoisotopic (exact) mass is 355 g/mol. The molecule has 120 valence electrons. The van der Waals surface area contributed by atoms with Crippen molar-refractivity contribution < 1.29 is 9.21 Å². The maximum Gasteiger partial charge on any atom is 0.236 e. The molecule has 0 radical (unpaired) electrons. The van der Waals surface area contributed by atoms with Gasteiger partial charge in [0.2, 0.25) is 11.8 Å². The van der Waals surface area contributed by atoms with Crippen LogP contribution in [0, 0.1) is 6.92 Å². The molecule has 7 heteroatoms. The summed E-state index contributed by atoms with van der Waals surface area (Å²) in [6.07, 6.45) is 0.163. The summed E-state index contributed by atoms with van der Waals surface area (Å²) in [6.45, 7) is 1.82. The second kappa shape index (κ2) is 6.18. The van der Waals surface area contributed by atoms with Gasteiger partial charge in [-0.3, -0.25) is 4.79 Å². The van der Waals surface area contributed by atoms with Crippen molar-refractivity contribution in [1.29, 1.82) is 0 Å². The van der Waals surface area contributed by atoms with Crippen molar-refractivity contribution in [2.75, 3.05) is 5.32 Å². The third kappa shape index (κ3) is 2.95. The molecule has 0 spiro atoms. The molecule has 1 aromatic carbocycles. The van der Waals surface area contributed by atoms with Gasteiger partial charge < -0.3 is 9.73 Å². The average Bonchev–Trinajstić information content (AvgIpc) is 3.27. The summed E-state index contributed by atoms with van der Waals surface area (Å²) < 4.78 is 6.71. The molecular weight excluding hydrogens is 342 g/mol. The van der Waals surface area contributed by atoms with Gasteiger partial charge in [-0.1, -0.05) is 29.5 Å². The fraction of sp³-hybridized carbons (Fsp3) is 0.118. The molecular formula is C17H13N3O2S2. The van der Waals surface area contributed by atoms with Crippen molar-refractivity contribution in [2.24, 2.45) is 0 Å². The van der Waals surface area contributed by atoms with E-state index in [1.165, 1.54) is 11.3 Å². The fourth-order valence-corrected chi connectivity index (χ4v) is 3.87. The number of aryl methyl sites for hydroxylation is 1. The van der Waals surface area contributed by atoms with Crippen LogP contribution in [0.4, 0.5) is 5.13 Å². The first kappa shape index (κ1) is 15.0. The van der Waals surface area contributed by atoms with Crippen molar-refractivity contribution in [1.82, 2.24) is 9.97 Å². The number of fused-ring (bicyclic) bond motifs is 1. The Labute approximate surface area is 146 Å². The summed E-state index contributed by atoms with van der Waals surface area (Å²) in [4.78, 5) is 22.1. The number of thiazole rings is 1. The van der Waals surface area contributed by atoms with E-state index in [-0.39, 0.29) is 12.3 Å². The molecule has 1 amide bonds. The Morgan fingerprint density at radius 3 is 2.88 bits per heavy atom. The number of thiophene rings is 1. The van der Waals surface area contributed by atoms with E-state index in [4.69, 9.17) is 4.42 Å². The Morgan fingerprint density at radius 1 is 1.21 bits per heavy atom. The van der Waals surface area contributed by atoms with E-state index < -0.39 is 0 Å². The quantitative estimate of drug-likeness (QED) is 0.585. The van der Waals surface area contributed by atoms with Crippen LogP contribution in [0.5, 0.6) is 0 Å². The van der Waals surface area contributed by atoms with Gasteiger partial charge in [0.15, 0.2) is 5.13 Å². The Morgan fingerprint density at radius 2 is 2.08 bits per heavy atom. The van der Waals surface area contributed by atoms with Gasteiger partial charge in [0.1, 0.15) is 5.76 Å². The Bertz CT molecular complexity index is 969. The number of oxazole rings is 1. The molecule has 0 aliphatic rings. The molecule has 0 aliphatic carbocycles. The minimum Gasteiger partial charge on any atom is -0.440 e. The predicted molar refractivity (Wildman–Crippen MR) is 96.5 cm³/mol. The molecule has 24 heavy (non-hydrogen) atoms. The highest BCUT2D eigenvalue weighted by molar-refractivity contribution is 7.22. The van der Waals surface area contributed by atoms with E-state index in [0.29, 0.717) is 22.5 Å². The van der Waals surface area contributed by atoms with Crippen LogP contribution in [0.1, 0.15) is 11.5 Å². The summed E-state index contributed by atoms with van der Waals surface area (Å²) >= 11 is 3.02. The standard InChI is InChI=1S/C17H13N3O2S2/c1-10-12(18-16(22-10)14-7-4-8-23-14)9-15(21)20-17-19-11-5-2-3-6-13(11)24-17/h2-8H,9H2,1H3,(H,19,20,21). The number of carbonyl (C=O) groups excluding carboxylic acids is 1. The van der Waals surface area contributed by atoms with Gasteiger partial charge in [-0.2, -0.15) is 0 Å². The third-order valence-corrected chi connectivity index (χ3v) is 5.30. The van der Waals surface area contributed by atoms with Crippen LogP contribution in [0.15, 0.2) is 46.2 Å². The molecule has 5 nitrogen and oxygen atoms in total. The second-order valence-corrected chi connectivity index (χ2v) is 7.19. The third-order valence-electron chi connectivity index (χ3n) is 3.49. The first-order valence-electron chi connectivity index (χ1n) is 7.34. The van der Waals surface area contributed by atoms with Crippen molar-refractivity contribution in [2.45, 2.75) is 13.3 Å². The van der Waals surface area contributed by atoms with Gasteiger partial charge in [0, 0.05) is 0 Å². The summed E-state index contributed by atoms with van der Waals surface area (Å²) in [5.41, 5.74) is 1.53. The fourth-order valence-electron chi connectivity index (χ4n) is 2.34. The molecule has 0 aliphatic heterocycles. The van der Waals surface area contributed by atoms with Crippen molar-refractivity contribution in [3.8, 4) is 10.8 Å². The Hall–Kier alpha value is -2.51. The predicted octanol–water partition coefficient (Wildman–Crippen LogP) is 4.50. The summed E-state index contributed by atoms with van der Waals surface area (Å²) in [5.74, 6) is 1.08. The second-order valence-electron chi connectivity index (χ2n) is 5.21. The molecule has 4 aromatic rings. The normalized spacial score (nSPS) is 11.0. The van der Waals surface area contributed by atoms with E-state index >= 15 is 0 Å². The molecule has 1 N–H and O–H groups in total. The largest absolute Gasteiger partial charge is 0.440 e. The SMILES string of the molecule is Cc1oc(-c2cccs2)nc1CC(=O)Nc1nc2ccccc2s1. The topological polar surface area (TPSA) is 68.0 Å². The zero-order valence-electron chi connectivity index (χ0n) is 12.8. The number of nitrogens with zero attached hydrogens (tertiary/aromatic N) is 2. The van der Waals surface area contributed by atoms with Crippen LogP contribution in [0.3, 0.4) is 0 Å². The molecule has 3 aromatic heterocycles. The van der Waals surface area contributed by atoms with E-state index in [1.807, 2.05) is 48.7 Å². The Kier molecular flexibility index (Phi) is 3.87. The average molecular weight is 355 g/mol. The van der Waals surface area contributed by atoms with Crippen LogP contribution in [0.25, 0.3) is 21.0 Å². The molecule has 4 rings (SSSR count). The number of hydrogen-bond donors (Lipinski definition) is 1. The van der Waals surface area contributed by atoms with Gasteiger partial charge in [-0.05, 0) is 30.5 Å². The lowest BCUT2D eigenvalue weighted by molar-refractivity contribution is -0.115. The molecule has 0 saturated carbocycles. The number of aromatic nitrogens is 2. The lowest BCUT2D eigenvalue weighted by Gasteiger charge is -1.99. The maximum atomic E-state index is 12.3. The van der Waals surface area contributed by atoms with Gasteiger partial charge in [0.25, 0.3) is 0 Å². The smallest absolute Gasteiger partial charge is 0.236 e. The van der Waals surface area contributed by atoms with Crippen LogP contribution >= 0.6 is 22.7 Å². The molecule has 0 bridgehead atoms. The molecule has 0 fully saturated rings. The van der Waals surface area contributed by atoms with E-state index in [2.05, 4.69) is 15.3 Å². The zero-order valence-corrected chi connectivity index (χ0v) is 14.4. The molecule has 0 saturated heterocycles. The molecule has 0 atom stereocenters. The first-order chi connectivity index (χ1) is 11.7. The van der Waals surface area contributed by atoms with Crippen molar-refractivity contribution >= 4 is 43.9 Å². The minimum absolute atomic E-state index is 0.150. The highest BCUT2D eigenvalue weighted by Crippen LogP contribution is 2.27. The van der Waals surface area contributed by atoms with Crippen LogP contribution in [-0.2, 0) is 11.2 Å².